The van der Waals surface area contributed by atoms with Crippen LogP contribution in [0.25, 0.3) is 0 Å². The van der Waals surface area contributed by atoms with Gasteiger partial charge in [-0.25, -0.2) is 12.7 Å². The zero-order valence-corrected chi connectivity index (χ0v) is 9.33. The van der Waals surface area contributed by atoms with Gasteiger partial charge >= 0.3 is 5.97 Å². The standard InChI is InChI=1S/C8H15NO5S/c1-8(12)2-4-9(5-3-8)15(13,14)6-7(10)11/h12H,2-6H2,1H3,(H,10,11). The van der Waals surface area contributed by atoms with Crippen LogP contribution in [0.1, 0.15) is 19.8 Å². The number of carbonyl (C=O) groups is 1. The van der Waals surface area contributed by atoms with Crippen LogP contribution in [-0.4, -0.2) is 53.3 Å². The summed E-state index contributed by atoms with van der Waals surface area (Å²) in [5, 5.41) is 18.0. The smallest absolute Gasteiger partial charge is 0.320 e. The van der Waals surface area contributed by atoms with Crippen molar-refractivity contribution < 1.29 is 23.4 Å². The SMILES string of the molecule is CC1(O)CCN(S(=O)(=O)CC(=O)O)CC1. The van der Waals surface area contributed by atoms with E-state index in [1.807, 2.05) is 0 Å². The number of aliphatic carboxylic acids is 1. The molecule has 0 bridgehead atoms. The Morgan fingerprint density at radius 3 is 2.27 bits per heavy atom. The van der Waals surface area contributed by atoms with Crippen molar-refractivity contribution in [2.24, 2.45) is 0 Å². The quantitative estimate of drug-likeness (QED) is 0.673. The van der Waals surface area contributed by atoms with Crippen LogP contribution in [0.4, 0.5) is 0 Å². The van der Waals surface area contributed by atoms with E-state index in [1.165, 1.54) is 0 Å². The third kappa shape index (κ3) is 3.44. The van der Waals surface area contributed by atoms with Gasteiger partial charge in [0.15, 0.2) is 5.75 Å². The van der Waals surface area contributed by atoms with E-state index in [4.69, 9.17) is 5.11 Å². The lowest BCUT2D eigenvalue weighted by molar-refractivity contribution is -0.134. The highest BCUT2D eigenvalue weighted by atomic mass is 32.2. The van der Waals surface area contributed by atoms with Gasteiger partial charge in [-0.1, -0.05) is 0 Å². The molecule has 88 valence electrons. The number of nitrogens with zero attached hydrogens (tertiary/aromatic N) is 1. The van der Waals surface area contributed by atoms with Crippen molar-refractivity contribution >= 4 is 16.0 Å². The molecule has 1 aliphatic heterocycles. The number of hydrogen-bond acceptors (Lipinski definition) is 4. The van der Waals surface area contributed by atoms with E-state index in [0.29, 0.717) is 12.8 Å². The first-order valence-corrected chi connectivity index (χ1v) is 6.26. The fraction of sp³-hybridized carbons (Fsp3) is 0.875. The van der Waals surface area contributed by atoms with Gasteiger partial charge in [-0.05, 0) is 19.8 Å². The maximum absolute atomic E-state index is 11.5. The number of carboxylic acids is 1. The van der Waals surface area contributed by atoms with Crippen LogP contribution in [0.15, 0.2) is 0 Å². The maximum atomic E-state index is 11.5. The van der Waals surface area contributed by atoms with Gasteiger partial charge in [0.2, 0.25) is 10.0 Å². The van der Waals surface area contributed by atoms with Crippen LogP contribution in [0.5, 0.6) is 0 Å². The summed E-state index contributed by atoms with van der Waals surface area (Å²) in [7, 11) is -3.71. The van der Waals surface area contributed by atoms with E-state index in [2.05, 4.69) is 0 Å². The van der Waals surface area contributed by atoms with Gasteiger partial charge in [0.1, 0.15) is 0 Å². The van der Waals surface area contributed by atoms with E-state index in [0.717, 1.165) is 4.31 Å². The molecule has 0 radical (unpaired) electrons. The molecule has 15 heavy (non-hydrogen) atoms. The molecule has 1 saturated heterocycles. The van der Waals surface area contributed by atoms with Gasteiger partial charge in [0.25, 0.3) is 0 Å². The summed E-state index contributed by atoms with van der Waals surface area (Å²) in [4.78, 5) is 10.3. The highest BCUT2D eigenvalue weighted by molar-refractivity contribution is 7.89. The Hall–Kier alpha value is -0.660. The highest BCUT2D eigenvalue weighted by Crippen LogP contribution is 2.22. The first-order valence-electron chi connectivity index (χ1n) is 4.65. The van der Waals surface area contributed by atoms with Crippen LogP contribution >= 0.6 is 0 Å². The van der Waals surface area contributed by atoms with Crippen LogP contribution in [-0.2, 0) is 14.8 Å². The molecule has 1 rings (SSSR count). The Kier molecular flexibility index (Phi) is 3.37. The monoisotopic (exact) mass is 237 g/mol. The van der Waals surface area contributed by atoms with Crippen molar-refractivity contribution in [3.63, 3.8) is 0 Å². The first kappa shape index (κ1) is 12.4. The summed E-state index contributed by atoms with van der Waals surface area (Å²) < 4.78 is 24.1. The fourth-order valence-electron chi connectivity index (χ4n) is 1.49. The molecular formula is C8H15NO5S. The van der Waals surface area contributed by atoms with Crippen LogP contribution in [0, 0.1) is 0 Å². The molecule has 6 nitrogen and oxygen atoms in total. The predicted octanol–water partition coefficient (Wildman–Crippen LogP) is -0.752. The van der Waals surface area contributed by atoms with Gasteiger partial charge in [-0.15, -0.1) is 0 Å². The molecule has 0 amide bonds. The van der Waals surface area contributed by atoms with Gasteiger partial charge in [0, 0.05) is 13.1 Å². The molecular weight excluding hydrogens is 222 g/mol. The summed E-state index contributed by atoms with van der Waals surface area (Å²) in [6, 6.07) is 0. The lowest BCUT2D eigenvalue weighted by Crippen LogP contribution is -2.46. The Labute approximate surface area is 88.6 Å². The molecule has 1 heterocycles. The van der Waals surface area contributed by atoms with E-state index in [-0.39, 0.29) is 13.1 Å². The molecule has 0 aliphatic carbocycles. The van der Waals surface area contributed by atoms with E-state index < -0.39 is 27.3 Å². The molecule has 1 aliphatic rings. The molecule has 0 saturated carbocycles. The predicted molar refractivity (Wildman–Crippen MR) is 52.9 cm³/mol. The molecule has 0 atom stereocenters. The fourth-order valence-corrected chi connectivity index (χ4v) is 2.73. The topological polar surface area (TPSA) is 94.9 Å². The lowest BCUT2D eigenvalue weighted by atomic mass is 9.95. The third-order valence-electron chi connectivity index (χ3n) is 2.50. The Morgan fingerprint density at radius 1 is 1.40 bits per heavy atom. The zero-order chi connectivity index (χ0) is 11.7. The molecule has 0 unspecified atom stereocenters. The minimum absolute atomic E-state index is 0.183. The Balaban J connectivity index is 2.64. The lowest BCUT2D eigenvalue weighted by Gasteiger charge is -2.34. The number of rotatable bonds is 3. The largest absolute Gasteiger partial charge is 0.480 e. The van der Waals surface area contributed by atoms with Crippen molar-refractivity contribution in [1.82, 2.24) is 4.31 Å². The third-order valence-corrected chi connectivity index (χ3v) is 4.26. The Morgan fingerprint density at radius 2 is 1.87 bits per heavy atom. The molecule has 0 aromatic rings. The van der Waals surface area contributed by atoms with Gasteiger partial charge in [0.05, 0.1) is 5.60 Å². The second-order valence-corrected chi connectivity index (χ2v) is 6.01. The van der Waals surface area contributed by atoms with E-state index >= 15 is 0 Å². The summed E-state index contributed by atoms with van der Waals surface area (Å²) in [6.07, 6.45) is 0.678. The number of aliphatic hydroxyl groups is 1. The van der Waals surface area contributed by atoms with Crippen molar-refractivity contribution in [3.05, 3.63) is 0 Å². The molecule has 0 aromatic carbocycles. The number of sulfonamides is 1. The number of carboxylic acid groups (broad SMARTS) is 1. The minimum Gasteiger partial charge on any atom is -0.480 e. The number of hydrogen-bond donors (Lipinski definition) is 2. The molecule has 7 heteroatoms. The van der Waals surface area contributed by atoms with E-state index in [9.17, 15) is 18.3 Å². The second kappa shape index (κ2) is 4.07. The van der Waals surface area contributed by atoms with Crippen LogP contribution in [0.3, 0.4) is 0 Å². The normalized spacial score (nSPS) is 22.5. The van der Waals surface area contributed by atoms with E-state index in [1.54, 1.807) is 6.92 Å². The van der Waals surface area contributed by atoms with Gasteiger partial charge < -0.3 is 10.2 Å². The molecule has 0 spiro atoms. The maximum Gasteiger partial charge on any atom is 0.320 e. The number of piperidine rings is 1. The molecule has 2 N–H and O–H groups in total. The van der Waals surface area contributed by atoms with Gasteiger partial charge in [-0.3, -0.25) is 4.79 Å². The van der Waals surface area contributed by atoms with Crippen LogP contribution < -0.4 is 0 Å². The average Bonchev–Trinajstić information content (AvgIpc) is 2.00. The highest BCUT2D eigenvalue weighted by Gasteiger charge is 2.33. The molecule has 1 fully saturated rings. The minimum atomic E-state index is -3.71. The zero-order valence-electron chi connectivity index (χ0n) is 8.51. The van der Waals surface area contributed by atoms with Crippen LogP contribution in [0.2, 0.25) is 0 Å². The summed E-state index contributed by atoms with van der Waals surface area (Å²) in [5.74, 6) is -2.23. The Bertz CT molecular complexity index is 338. The van der Waals surface area contributed by atoms with Crippen molar-refractivity contribution in [2.45, 2.75) is 25.4 Å². The van der Waals surface area contributed by atoms with Gasteiger partial charge in [-0.2, -0.15) is 0 Å². The van der Waals surface area contributed by atoms with Crippen molar-refractivity contribution in [3.8, 4) is 0 Å². The van der Waals surface area contributed by atoms with Crippen molar-refractivity contribution in [1.29, 1.82) is 0 Å². The summed E-state index contributed by atoms with van der Waals surface area (Å²) >= 11 is 0. The second-order valence-electron chi connectivity index (χ2n) is 4.05. The molecule has 0 aromatic heterocycles. The average molecular weight is 237 g/mol. The summed E-state index contributed by atoms with van der Waals surface area (Å²) in [5.41, 5.74) is -0.838. The van der Waals surface area contributed by atoms with Crippen molar-refractivity contribution in [2.75, 3.05) is 18.8 Å². The summed E-state index contributed by atoms with van der Waals surface area (Å²) in [6.45, 7) is 2.01. The first-order chi connectivity index (χ1) is 6.73.